The van der Waals surface area contributed by atoms with Crippen LogP contribution in [0.4, 0.5) is 0 Å². The predicted molar refractivity (Wildman–Crippen MR) is 21.3 cm³/mol. The average Bonchev–Trinajstić information content (AvgIpc) is 0. The molecule has 1 radical (unpaired) electrons. The quantitative estimate of drug-likeness (QED) is 0.367. The van der Waals surface area contributed by atoms with Gasteiger partial charge in [0.25, 0.3) is 0 Å². The molecule has 0 aromatic heterocycles. The molecule has 0 bridgehead atoms. The van der Waals surface area contributed by atoms with Gasteiger partial charge in [0.1, 0.15) is 0 Å². The van der Waals surface area contributed by atoms with Crippen LogP contribution >= 0.6 is 0 Å². The Morgan fingerprint density at radius 3 is 1.00 bits per heavy atom. The van der Waals surface area contributed by atoms with Gasteiger partial charge in [0, 0.05) is 36.5 Å². The Bertz CT molecular complexity index is 8.00. The molecule has 0 N–H and O–H groups in total. The minimum Gasteiger partial charge on any atom is -0.0149 e. The summed E-state index contributed by atoms with van der Waals surface area (Å²) in [5, 5.41) is 0. The summed E-state index contributed by atoms with van der Waals surface area (Å²) in [6.45, 7) is 0. The van der Waals surface area contributed by atoms with Gasteiger partial charge in [-0.15, -0.1) is 0 Å². The van der Waals surface area contributed by atoms with Gasteiger partial charge < -0.3 is 0 Å². The molecule has 0 nitrogen and oxygen atoms in total. The van der Waals surface area contributed by atoms with Crippen molar-refractivity contribution in [2.24, 2.45) is 0 Å². The summed E-state index contributed by atoms with van der Waals surface area (Å²) in [6, 6.07) is 0. The van der Waals surface area contributed by atoms with Gasteiger partial charge in [-0.1, -0.05) is 0 Å². The molecule has 0 spiro atoms. The Hall–Kier alpha value is 1.89. The molecule has 27 valence electrons. The zero-order valence-corrected chi connectivity index (χ0v) is 4.92. The first-order valence-electron chi connectivity index (χ1n) is 0. The standard InChI is InChI=1S/Al.Cu.H4Si.Zn.3H/h;;1H4;;;;. The van der Waals surface area contributed by atoms with Gasteiger partial charge in [0.2, 0.25) is 0 Å². The minimum atomic E-state index is 0. The van der Waals surface area contributed by atoms with Crippen molar-refractivity contribution < 1.29 is 36.5 Å². The van der Waals surface area contributed by atoms with Crippen molar-refractivity contribution in [3.63, 3.8) is 0 Å². The summed E-state index contributed by atoms with van der Waals surface area (Å²) in [5.41, 5.74) is 0. The number of hydrogen-bond donors (Lipinski definition) is 0. The van der Waals surface area contributed by atoms with E-state index >= 15 is 0 Å². The Morgan fingerprint density at radius 2 is 1.00 bits per heavy atom. The molecule has 0 rings (SSSR count). The van der Waals surface area contributed by atoms with Crippen LogP contribution in [-0.4, -0.2) is 28.3 Å². The van der Waals surface area contributed by atoms with Crippen LogP contribution in [0.5, 0.6) is 0 Å². The Balaban J connectivity index is 0. The van der Waals surface area contributed by atoms with Crippen LogP contribution in [0.25, 0.3) is 0 Å². The second kappa shape index (κ2) is 20.7. The van der Waals surface area contributed by atoms with Gasteiger partial charge >= 0.3 is 0 Å². The number of rotatable bonds is 0. The summed E-state index contributed by atoms with van der Waals surface area (Å²) in [7, 11) is 0. The first-order valence-corrected chi connectivity index (χ1v) is 0. The van der Waals surface area contributed by atoms with Crippen LogP contribution < -0.4 is 0 Å². The van der Waals surface area contributed by atoms with Crippen LogP contribution in [0, 0.1) is 0 Å². The van der Waals surface area contributed by atoms with Crippen molar-refractivity contribution in [1.29, 1.82) is 0 Å². The van der Waals surface area contributed by atoms with Gasteiger partial charge in [-0.05, 0) is 11.0 Å². The maximum Gasteiger partial charge on any atom is 0.187 e. The van der Waals surface area contributed by atoms with E-state index in [-0.39, 0.29) is 64.9 Å². The normalized spacial score (nSPS) is 0. The van der Waals surface area contributed by atoms with Crippen LogP contribution in [0.1, 0.15) is 0 Å². The van der Waals surface area contributed by atoms with Gasteiger partial charge in [0.15, 0.2) is 17.4 Å². The Labute approximate surface area is 64.5 Å². The summed E-state index contributed by atoms with van der Waals surface area (Å²) in [6.07, 6.45) is 0. The summed E-state index contributed by atoms with van der Waals surface area (Å²) in [4.78, 5) is 0. The number of hydrogen-bond acceptors (Lipinski definition) is 0. The molecule has 4 heavy (non-hydrogen) atoms. The topological polar surface area (TPSA) is 0 Å². The maximum absolute atomic E-state index is 0. The van der Waals surface area contributed by atoms with E-state index in [1.165, 1.54) is 0 Å². The van der Waals surface area contributed by atoms with Gasteiger partial charge in [-0.2, -0.15) is 0 Å². The van der Waals surface area contributed by atoms with E-state index in [9.17, 15) is 0 Å². The van der Waals surface area contributed by atoms with E-state index < -0.39 is 0 Å². The second-order valence-electron chi connectivity index (χ2n) is 0. The molecule has 0 saturated carbocycles. The van der Waals surface area contributed by atoms with E-state index in [2.05, 4.69) is 0 Å². The predicted octanol–water partition coefficient (Wildman–Crippen LogP) is -2.64. The third kappa shape index (κ3) is 9.09. The second-order valence-corrected chi connectivity index (χ2v) is 0. The molecular formula is H7AlCuSiZn. The van der Waals surface area contributed by atoms with Crippen LogP contribution in [0.2, 0.25) is 0 Å². The van der Waals surface area contributed by atoms with Gasteiger partial charge in [-0.25, -0.2) is 0 Å². The smallest absolute Gasteiger partial charge is 0.0149 e. The van der Waals surface area contributed by atoms with E-state index in [1.54, 1.807) is 0 Å². The summed E-state index contributed by atoms with van der Waals surface area (Å²) >= 11 is 0. The van der Waals surface area contributed by atoms with Gasteiger partial charge in [-0.3, -0.25) is 0 Å². The minimum absolute atomic E-state index is 0. The summed E-state index contributed by atoms with van der Waals surface area (Å²) < 4.78 is 0. The van der Waals surface area contributed by atoms with Crippen LogP contribution in [0.3, 0.4) is 0 Å². The largest absolute Gasteiger partial charge is 0.187 e. The molecule has 0 aromatic rings. The van der Waals surface area contributed by atoms with Crippen LogP contribution in [-0.2, 0) is 36.5 Å². The molecule has 0 saturated heterocycles. The Morgan fingerprint density at radius 1 is 1.00 bits per heavy atom. The Kier molecular flexibility index (Phi) is 204. The van der Waals surface area contributed by atoms with Crippen molar-refractivity contribution >= 4 is 28.3 Å². The fourth-order valence-corrected chi connectivity index (χ4v) is 0. The van der Waals surface area contributed by atoms with Crippen molar-refractivity contribution in [1.82, 2.24) is 0 Å². The van der Waals surface area contributed by atoms with E-state index in [4.69, 9.17) is 0 Å². The van der Waals surface area contributed by atoms with E-state index in [0.29, 0.717) is 0 Å². The SMILES string of the molecule is [AlH3].[Cu].[SiH4].[Zn]. The molecule has 0 aliphatic carbocycles. The molecule has 0 amide bonds. The first-order chi connectivity index (χ1) is 0. The zero-order chi connectivity index (χ0) is 0. The molecule has 0 aliphatic rings. The third-order valence-corrected chi connectivity index (χ3v) is 0. The average molecular weight is 191 g/mol. The van der Waals surface area contributed by atoms with Crippen molar-refractivity contribution in [2.75, 3.05) is 0 Å². The molecule has 0 aromatic carbocycles. The van der Waals surface area contributed by atoms with Crippen molar-refractivity contribution in [3.8, 4) is 0 Å². The molecule has 0 atom stereocenters. The third-order valence-electron chi connectivity index (χ3n) is 0. The fraction of sp³-hybridized carbons (Fsp3) is 0. The fourth-order valence-electron chi connectivity index (χ4n) is 0. The van der Waals surface area contributed by atoms with E-state index in [1.807, 2.05) is 0 Å². The summed E-state index contributed by atoms with van der Waals surface area (Å²) in [5.74, 6) is 0. The maximum atomic E-state index is 0. The zero-order valence-electron chi connectivity index (χ0n) is 1.01. The van der Waals surface area contributed by atoms with Crippen LogP contribution in [0.15, 0.2) is 0 Å². The molecule has 0 heterocycles. The van der Waals surface area contributed by atoms with Gasteiger partial charge in [0.05, 0.1) is 0 Å². The monoisotopic (exact) mass is 189 g/mol. The molecule has 0 unspecified atom stereocenters. The van der Waals surface area contributed by atoms with Crippen molar-refractivity contribution in [2.45, 2.75) is 0 Å². The molecular weight excluding hydrogens is 184 g/mol. The van der Waals surface area contributed by atoms with Crippen molar-refractivity contribution in [3.05, 3.63) is 0 Å². The molecule has 0 fully saturated rings. The first kappa shape index (κ1) is 39.4. The van der Waals surface area contributed by atoms with E-state index in [0.717, 1.165) is 0 Å². The molecule has 4 heteroatoms. The molecule has 0 aliphatic heterocycles.